The number of halogens is 1. The lowest BCUT2D eigenvalue weighted by molar-refractivity contribution is 0.217. The van der Waals surface area contributed by atoms with E-state index in [1.54, 1.807) is 0 Å². The molecule has 20 heavy (non-hydrogen) atoms. The van der Waals surface area contributed by atoms with Crippen LogP contribution in [0.25, 0.3) is 0 Å². The first-order valence-corrected chi connectivity index (χ1v) is 7.43. The van der Waals surface area contributed by atoms with Crippen molar-refractivity contribution in [1.82, 2.24) is 4.90 Å². The molecule has 4 heteroatoms. The molecule has 0 aliphatic carbocycles. The van der Waals surface area contributed by atoms with Crippen molar-refractivity contribution in [2.24, 2.45) is 0 Å². The lowest BCUT2D eigenvalue weighted by Gasteiger charge is -2.20. The van der Waals surface area contributed by atoms with Gasteiger partial charge in [-0.05, 0) is 28.1 Å². The maximum atomic E-state index is 10.1. The highest BCUT2D eigenvalue weighted by Crippen LogP contribution is 2.30. The van der Waals surface area contributed by atoms with Gasteiger partial charge in [0.2, 0.25) is 0 Å². The molecular formula is C16H16BrNO2. The smallest absolute Gasteiger partial charge is 0.134 e. The highest BCUT2D eigenvalue weighted by atomic mass is 79.9. The molecule has 0 atom stereocenters. The zero-order valence-corrected chi connectivity index (χ0v) is 12.6. The molecule has 104 valence electrons. The fourth-order valence-corrected chi connectivity index (χ4v) is 2.85. The van der Waals surface area contributed by atoms with E-state index in [2.05, 4.69) is 26.9 Å². The van der Waals surface area contributed by atoms with Crippen LogP contribution in [0.1, 0.15) is 11.1 Å². The number of aromatic hydroxyl groups is 1. The fourth-order valence-electron chi connectivity index (χ4n) is 2.44. The number of nitrogens with zero attached hydrogens (tertiary/aromatic N) is 1. The molecule has 1 N–H and O–H groups in total. The lowest BCUT2D eigenvalue weighted by Crippen LogP contribution is -2.25. The standard InChI is InChI=1S/C16H16BrNO2/c17-14-6-3-5-13(16(14)19)11-18-8-9-20-15-7-2-1-4-12(15)10-18/h1-7,19H,8-11H2. The van der Waals surface area contributed by atoms with Crippen molar-refractivity contribution in [2.45, 2.75) is 13.1 Å². The summed E-state index contributed by atoms with van der Waals surface area (Å²) in [6, 6.07) is 13.9. The Kier molecular flexibility index (Phi) is 3.94. The van der Waals surface area contributed by atoms with Crippen LogP contribution in [-0.2, 0) is 13.1 Å². The number of rotatable bonds is 2. The summed E-state index contributed by atoms with van der Waals surface area (Å²) in [5.41, 5.74) is 2.12. The number of phenols is 1. The Balaban J connectivity index is 1.80. The third kappa shape index (κ3) is 2.81. The Morgan fingerprint density at radius 3 is 2.90 bits per heavy atom. The maximum Gasteiger partial charge on any atom is 0.134 e. The van der Waals surface area contributed by atoms with E-state index in [0.717, 1.165) is 28.9 Å². The Hall–Kier alpha value is -1.52. The van der Waals surface area contributed by atoms with E-state index in [4.69, 9.17) is 4.74 Å². The van der Waals surface area contributed by atoms with Gasteiger partial charge >= 0.3 is 0 Å². The molecule has 0 aromatic heterocycles. The van der Waals surface area contributed by atoms with Crippen LogP contribution in [0.15, 0.2) is 46.9 Å². The predicted molar refractivity (Wildman–Crippen MR) is 81.9 cm³/mol. The lowest BCUT2D eigenvalue weighted by atomic mass is 10.1. The number of benzene rings is 2. The number of fused-ring (bicyclic) bond motifs is 1. The number of hydrogen-bond acceptors (Lipinski definition) is 3. The second-order valence-electron chi connectivity index (χ2n) is 4.91. The van der Waals surface area contributed by atoms with Crippen LogP contribution in [0.3, 0.4) is 0 Å². The van der Waals surface area contributed by atoms with E-state index < -0.39 is 0 Å². The molecule has 1 heterocycles. The largest absolute Gasteiger partial charge is 0.506 e. The number of hydrogen-bond donors (Lipinski definition) is 1. The molecule has 0 saturated carbocycles. The van der Waals surface area contributed by atoms with Crippen molar-refractivity contribution >= 4 is 15.9 Å². The van der Waals surface area contributed by atoms with E-state index in [9.17, 15) is 5.11 Å². The minimum Gasteiger partial charge on any atom is -0.506 e. The normalized spacial score (nSPS) is 15.2. The molecule has 0 spiro atoms. The van der Waals surface area contributed by atoms with Gasteiger partial charge < -0.3 is 9.84 Å². The van der Waals surface area contributed by atoms with E-state index in [1.165, 1.54) is 5.56 Å². The van der Waals surface area contributed by atoms with Gasteiger partial charge in [0.05, 0.1) is 4.47 Å². The van der Waals surface area contributed by atoms with E-state index in [1.807, 2.05) is 36.4 Å². The first kappa shape index (κ1) is 13.5. The second-order valence-corrected chi connectivity index (χ2v) is 5.77. The first-order chi connectivity index (χ1) is 9.74. The fraction of sp³-hybridized carbons (Fsp3) is 0.250. The summed E-state index contributed by atoms with van der Waals surface area (Å²) >= 11 is 3.36. The summed E-state index contributed by atoms with van der Waals surface area (Å²) in [4.78, 5) is 2.29. The van der Waals surface area contributed by atoms with Gasteiger partial charge in [-0.2, -0.15) is 0 Å². The molecule has 2 aromatic rings. The third-order valence-corrected chi connectivity index (χ3v) is 4.14. The van der Waals surface area contributed by atoms with Crippen LogP contribution in [0.2, 0.25) is 0 Å². The number of para-hydroxylation sites is 2. The molecule has 3 rings (SSSR count). The molecule has 1 aliphatic heterocycles. The van der Waals surface area contributed by atoms with Crippen molar-refractivity contribution in [2.75, 3.05) is 13.2 Å². The molecule has 0 radical (unpaired) electrons. The SMILES string of the molecule is Oc1c(Br)cccc1CN1CCOc2ccccc2C1. The van der Waals surface area contributed by atoms with Crippen LogP contribution in [0.4, 0.5) is 0 Å². The summed E-state index contributed by atoms with van der Waals surface area (Å²) in [5, 5.41) is 10.1. The molecule has 1 aliphatic rings. The van der Waals surface area contributed by atoms with Gasteiger partial charge in [0, 0.05) is 30.8 Å². The highest BCUT2D eigenvalue weighted by molar-refractivity contribution is 9.10. The molecular weight excluding hydrogens is 318 g/mol. The molecule has 0 amide bonds. The van der Waals surface area contributed by atoms with Gasteiger partial charge in [0.25, 0.3) is 0 Å². The van der Waals surface area contributed by atoms with E-state index in [-0.39, 0.29) is 0 Å². The topological polar surface area (TPSA) is 32.7 Å². The van der Waals surface area contributed by atoms with Crippen LogP contribution >= 0.6 is 15.9 Å². The van der Waals surface area contributed by atoms with Crippen LogP contribution in [0.5, 0.6) is 11.5 Å². The monoisotopic (exact) mass is 333 g/mol. The van der Waals surface area contributed by atoms with Gasteiger partial charge in [-0.3, -0.25) is 4.90 Å². The summed E-state index contributed by atoms with van der Waals surface area (Å²) in [6.07, 6.45) is 0. The highest BCUT2D eigenvalue weighted by Gasteiger charge is 2.16. The van der Waals surface area contributed by atoms with Gasteiger partial charge in [-0.1, -0.05) is 30.3 Å². The maximum absolute atomic E-state index is 10.1. The summed E-state index contributed by atoms with van der Waals surface area (Å²) in [6.45, 7) is 3.07. The van der Waals surface area contributed by atoms with Crippen molar-refractivity contribution in [3.8, 4) is 11.5 Å². The number of phenolic OH excluding ortho intramolecular Hbond substituents is 1. The third-order valence-electron chi connectivity index (χ3n) is 3.50. The van der Waals surface area contributed by atoms with Crippen molar-refractivity contribution in [3.63, 3.8) is 0 Å². The number of ether oxygens (including phenoxy) is 1. The zero-order valence-electron chi connectivity index (χ0n) is 11.1. The second kappa shape index (κ2) is 5.85. The van der Waals surface area contributed by atoms with Crippen molar-refractivity contribution in [3.05, 3.63) is 58.1 Å². The average molecular weight is 334 g/mol. The molecule has 3 nitrogen and oxygen atoms in total. The van der Waals surface area contributed by atoms with Gasteiger partial charge in [-0.15, -0.1) is 0 Å². The molecule has 0 bridgehead atoms. The van der Waals surface area contributed by atoms with E-state index in [0.29, 0.717) is 18.9 Å². The van der Waals surface area contributed by atoms with E-state index >= 15 is 0 Å². The predicted octanol–water partition coefficient (Wildman–Crippen LogP) is 3.55. The summed E-state index contributed by atoms with van der Waals surface area (Å²) < 4.78 is 6.49. The molecule has 2 aromatic carbocycles. The molecule has 0 saturated heterocycles. The average Bonchev–Trinajstić information content (AvgIpc) is 2.65. The Morgan fingerprint density at radius 2 is 2.00 bits per heavy atom. The molecule has 0 unspecified atom stereocenters. The minimum atomic E-state index is 0.325. The summed E-state index contributed by atoms with van der Waals surface area (Å²) in [5.74, 6) is 1.29. The minimum absolute atomic E-state index is 0.325. The summed E-state index contributed by atoms with van der Waals surface area (Å²) in [7, 11) is 0. The Labute approximate surface area is 126 Å². The van der Waals surface area contributed by atoms with Gasteiger partial charge in [0.1, 0.15) is 18.1 Å². The Bertz CT molecular complexity index is 615. The molecule has 0 fully saturated rings. The van der Waals surface area contributed by atoms with Crippen LogP contribution in [0, 0.1) is 0 Å². The Morgan fingerprint density at radius 1 is 1.15 bits per heavy atom. The van der Waals surface area contributed by atoms with Crippen molar-refractivity contribution < 1.29 is 9.84 Å². The quantitative estimate of drug-likeness (QED) is 0.912. The van der Waals surface area contributed by atoms with Gasteiger partial charge in [-0.25, -0.2) is 0 Å². The zero-order chi connectivity index (χ0) is 13.9. The van der Waals surface area contributed by atoms with Gasteiger partial charge in [0.15, 0.2) is 0 Å². The van der Waals surface area contributed by atoms with Crippen LogP contribution < -0.4 is 4.74 Å². The van der Waals surface area contributed by atoms with Crippen molar-refractivity contribution in [1.29, 1.82) is 0 Å². The van der Waals surface area contributed by atoms with Crippen LogP contribution in [-0.4, -0.2) is 23.2 Å². The first-order valence-electron chi connectivity index (χ1n) is 6.63.